The van der Waals surface area contributed by atoms with Crippen molar-refractivity contribution in [3.05, 3.63) is 63.7 Å². The summed E-state index contributed by atoms with van der Waals surface area (Å²) in [5.74, 6) is -0.831. The first-order valence-electron chi connectivity index (χ1n) is 7.75. The first kappa shape index (κ1) is 17.1. The summed E-state index contributed by atoms with van der Waals surface area (Å²) in [6.07, 6.45) is 0.648. The SMILES string of the molecule is O=C(CCn1nc(-c2cccs2)oc1=O)NCCc1cccc(F)c1. The fourth-order valence-corrected chi connectivity index (χ4v) is 2.93. The second kappa shape index (κ2) is 7.89. The maximum atomic E-state index is 13.1. The van der Waals surface area contributed by atoms with Gasteiger partial charge in [0.15, 0.2) is 0 Å². The summed E-state index contributed by atoms with van der Waals surface area (Å²) < 4.78 is 19.3. The third-order valence-corrected chi connectivity index (χ3v) is 4.37. The molecule has 6 nitrogen and oxygen atoms in total. The quantitative estimate of drug-likeness (QED) is 0.701. The summed E-state index contributed by atoms with van der Waals surface area (Å²) in [4.78, 5) is 24.4. The number of benzene rings is 1. The van der Waals surface area contributed by atoms with Gasteiger partial charge in [-0.2, -0.15) is 4.68 Å². The number of carbonyl (C=O) groups is 1. The standard InChI is InChI=1S/C17H16FN3O3S/c18-13-4-1-3-12(11-13)6-8-19-15(22)7-9-21-17(23)24-16(20-21)14-5-2-10-25-14/h1-5,10-11H,6-9H2,(H,19,22). The maximum Gasteiger partial charge on any atom is 0.437 e. The number of amides is 1. The molecule has 1 aromatic carbocycles. The molecule has 0 unspecified atom stereocenters. The Hall–Kier alpha value is -2.74. The highest BCUT2D eigenvalue weighted by Crippen LogP contribution is 2.20. The van der Waals surface area contributed by atoms with Crippen molar-refractivity contribution in [3.63, 3.8) is 0 Å². The van der Waals surface area contributed by atoms with E-state index in [2.05, 4.69) is 10.4 Å². The molecule has 0 aliphatic rings. The van der Waals surface area contributed by atoms with Gasteiger partial charge in [-0.25, -0.2) is 9.18 Å². The molecule has 8 heteroatoms. The van der Waals surface area contributed by atoms with E-state index < -0.39 is 5.76 Å². The Balaban J connectivity index is 1.47. The van der Waals surface area contributed by atoms with Gasteiger partial charge in [0.2, 0.25) is 5.91 Å². The van der Waals surface area contributed by atoms with Gasteiger partial charge in [-0.05, 0) is 35.6 Å². The van der Waals surface area contributed by atoms with E-state index in [-0.39, 0.29) is 30.6 Å². The monoisotopic (exact) mass is 361 g/mol. The van der Waals surface area contributed by atoms with E-state index in [1.54, 1.807) is 18.2 Å². The third-order valence-electron chi connectivity index (χ3n) is 3.51. The summed E-state index contributed by atoms with van der Waals surface area (Å²) in [6.45, 7) is 0.538. The van der Waals surface area contributed by atoms with Crippen molar-refractivity contribution in [2.75, 3.05) is 6.54 Å². The summed E-state index contributed by atoms with van der Waals surface area (Å²) in [5.41, 5.74) is 0.814. The lowest BCUT2D eigenvalue weighted by Gasteiger charge is -2.05. The number of aryl methyl sites for hydroxylation is 1. The number of halogens is 1. The lowest BCUT2D eigenvalue weighted by molar-refractivity contribution is -0.121. The van der Waals surface area contributed by atoms with E-state index in [1.165, 1.54) is 23.5 Å². The van der Waals surface area contributed by atoms with Gasteiger partial charge in [-0.3, -0.25) is 4.79 Å². The molecule has 3 rings (SSSR count). The van der Waals surface area contributed by atoms with E-state index in [4.69, 9.17) is 4.42 Å². The van der Waals surface area contributed by atoms with Gasteiger partial charge in [-0.15, -0.1) is 16.4 Å². The van der Waals surface area contributed by atoms with Crippen LogP contribution in [-0.4, -0.2) is 22.2 Å². The van der Waals surface area contributed by atoms with Crippen LogP contribution in [0.5, 0.6) is 0 Å². The number of rotatable bonds is 7. The smallest absolute Gasteiger partial charge is 0.387 e. The highest BCUT2D eigenvalue weighted by molar-refractivity contribution is 7.13. The molecular weight excluding hydrogens is 345 g/mol. The molecule has 0 bridgehead atoms. The largest absolute Gasteiger partial charge is 0.437 e. The van der Waals surface area contributed by atoms with E-state index >= 15 is 0 Å². The molecule has 25 heavy (non-hydrogen) atoms. The van der Waals surface area contributed by atoms with Crippen LogP contribution >= 0.6 is 11.3 Å². The molecule has 2 aromatic heterocycles. The second-order valence-electron chi connectivity index (χ2n) is 5.35. The van der Waals surface area contributed by atoms with Crippen LogP contribution in [0.3, 0.4) is 0 Å². The van der Waals surface area contributed by atoms with Gasteiger partial charge in [0, 0.05) is 13.0 Å². The average molecular weight is 361 g/mol. The van der Waals surface area contributed by atoms with E-state index in [0.717, 1.165) is 15.1 Å². The molecule has 1 N–H and O–H groups in total. The molecule has 1 amide bonds. The fraction of sp³-hybridized carbons (Fsp3) is 0.235. The van der Waals surface area contributed by atoms with Gasteiger partial charge >= 0.3 is 5.76 Å². The normalized spacial score (nSPS) is 10.8. The van der Waals surface area contributed by atoms with Gasteiger partial charge in [0.1, 0.15) is 5.82 Å². The number of thiophene rings is 1. The molecule has 130 valence electrons. The molecule has 3 aromatic rings. The Morgan fingerprint density at radius 1 is 1.32 bits per heavy atom. The Kier molecular flexibility index (Phi) is 5.39. The van der Waals surface area contributed by atoms with Crippen LogP contribution in [0.2, 0.25) is 0 Å². The third kappa shape index (κ3) is 4.63. The molecule has 0 saturated heterocycles. The predicted molar refractivity (Wildman–Crippen MR) is 91.8 cm³/mol. The van der Waals surface area contributed by atoms with E-state index in [9.17, 15) is 14.0 Å². The van der Waals surface area contributed by atoms with Crippen LogP contribution < -0.4 is 11.1 Å². The molecule has 0 atom stereocenters. The molecule has 0 aliphatic carbocycles. The zero-order chi connectivity index (χ0) is 17.6. The van der Waals surface area contributed by atoms with Gasteiger partial charge in [0.25, 0.3) is 5.89 Å². The first-order valence-corrected chi connectivity index (χ1v) is 8.63. The Labute approximate surface area is 146 Å². The zero-order valence-corrected chi connectivity index (χ0v) is 14.1. The molecule has 0 aliphatic heterocycles. The summed E-state index contributed by atoms with van der Waals surface area (Å²) in [6, 6.07) is 9.89. The number of aromatic nitrogens is 2. The number of hydrogen-bond acceptors (Lipinski definition) is 5. The minimum absolute atomic E-state index is 0.111. The highest BCUT2D eigenvalue weighted by Gasteiger charge is 2.12. The van der Waals surface area contributed by atoms with E-state index in [0.29, 0.717) is 13.0 Å². The van der Waals surface area contributed by atoms with Crippen LogP contribution in [0.25, 0.3) is 10.8 Å². The molecule has 0 saturated carbocycles. The van der Waals surface area contributed by atoms with Crippen LogP contribution in [0.15, 0.2) is 51.0 Å². The summed E-state index contributed by atoms with van der Waals surface area (Å²) in [5, 5.41) is 8.69. The van der Waals surface area contributed by atoms with Crippen LogP contribution in [-0.2, 0) is 17.8 Å². The van der Waals surface area contributed by atoms with Gasteiger partial charge < -0.3 is 9.73 Å². The van der Waals surface area contributed by atoms with E-state index in [1.807, 2.05) is 11.4 Å². The number of nitrogens with zero attached hydrogens (tertiary/aromatic N) is 2. The first-order chi connectivity index (χ1) is 12.1. The average Bonchev–Trinajstić information content (AvgIpc) is 3.23. The minimum Gasteiger partial charge on any atom is -0.387 e. The van der Waals surface area contributed by atoms with Crippen molar-refractivity contribution in [2.45, 2.75) is 19.4 Å². The molecule has 0 fully saturated rings. The minimum atomic E-state index is -0.587. The molecule has 0 radical (unpaired) electrons. The number of nitrogens with one attached hydrogen (secondary N) is 1. The van der Waals surface area contributed by atoms with Crippen LogP contribution in [0, 0.1) is 5.82 Å². The van der Waals surface area contributed by atoms with Crippen molar-refractivity contribution in [3.8, 4) is 10.8 Å². The highest BCUT2D eigenvalue weighted by atomic mass is 32.1. The zero-order valence-electron chi connectivity index (χ0n) is 13.3. The number of hydrogen-bond donors (Lipinski definition) is 1. The fourth-order valence-electron chi connectivity index (χ4n) is 2.28. The predicted octanol–water partition coefficient (Wildman–Crippen LogP) is 2.45. The van der Waals surface area contributed by atoms with Gasteiger partial charge in [-0.1, -0.05) is 18.2 Å². The Morgan fingerprint density at radius 2 is 2.20 bits per heavy atom. The van der Waals surface area contributed by atoms with Crippen molar-refractivity contribution in [1.29, 1.82) is 0 Å². The van der Waals surface area contributed by atoms with Crippen molar-refractivity contribution in [2.24, 2.45) is 0 Å². The lowest BCUT2D eigenvalue weighted by Crippen LogP contribution is -2.28. The van der Waals surface area contributed by atoms with Gasteiger partial charge in [0.05, 0.1) is 11.4 Å². The van der Waals surface area contributed by atoms with Crippen LogP contribution in [0.1, 0.15) is 12.0 Å². The van der Waals surface area contributed by atoms with Crippen LogP contribution in [0.4, 0.5) is 4.39 Å². The van der Waals surface area contributed by atoms with Crippen molar-refractivity contribution >= 4 is 17.2 Å². The summed E-state index contributed by atoms with van der Waals surface area (Å²) >= 11 is 1.42. The van der Waals surface area contributed by atoms with Crippen molar-refractivity contribution in [1.82, 2.24) is 15.1 Å². The molecular formula is C17H16FN3O3S. The second-order valence-corrected chi connectivity index (χ2v) is 6.30. The number of carbonyl (C=O) groups excluding carboxylic acids is 1. The lowest BCUT2D eigenvalue weighted by atomic mass is 10.1. The molecule has 0 spiro atoms. The van der Waals surface area contributed by atoms with Crippen molar-refractivity contribution < 1.29 is 13.6 Å². The Morgan fingerprint density at radius 3 is 2.96 bits per heavy atom. The Bertz CT molecular complexity index is 902. The topological polar surface area (TPSA) is 77.1 Å². The molecule has 2 heterocycles. The maximum absolute atomic E-state index is 13.1. The summed E-state index contributed by atoms with van der Waals surface area (Å²) in [7, 11) is 0.